The normalized spacial score (nSPS) is 12.7. The minimum Gasteiger partial charge on any atom is -0.493 e. The van der Waals surface area contributed by atoms with Gasteiger partial charge in [0.1, 0.15) is 12.2 Å². The third-order valence-corrected chi connectivity index (χ3v) is 4.09. The largest absolute Gasteiger partial charge is 0.493 e. The average Bonchev–Trinajstić information content (AvgIpc) is 2.72. The molecule has 0 unspecified atom stereocenters. The molecule has 1 N–H and O–H groups in total. The first kappa shape index (κ1) is 20.4. The van der Waals surface area contributed by atoms with E-state index in [9.17, 15) is 9.90 Å². The van der Waals surface area contributed by atoms with Crippen molar-refractivity contribution in [3.63, 3.8) is 0 Å². The zero-order valence-electron chi connectivity index (χ0n) is 16.0. The lowest BCUT2D eigenvalue weighted by atomic mass is 10.0. The summed E-state index contributed by atoms with van der Waals surface area (Å²) in [6.45, 7) is 1.73. The number of esters is 1. The van der Waals surface area contributed by atoms with Crippen molar-refractivity contribution in [2.75, 3.05) is 28.4 Å². The van der Waals surface area contributed by atoms with E-state index in [1.165, 1.54) is 27.4 Å². The van der Waals surface area contributed by atoms with Crippen molar-refractivity contribution in [2.45, 2.75) is 19.1 Å². The summed E-state index contributed by atoms with van der Waals surface area (Å²) in [6, 6.07) is 9.85. The predicted octanol–water partition coefficient (Wildman–Crippen LogP) is 3.00. The summed E-state index contributed by atoms with van der Waals surface area (Å²) in [6.07, 6.45) is -1.52. The Morgan fingerprint density at radius 1 is 0.852 bits per heavy atom. The fraction of sp³-hybridized carbons (Fsp3) is 0.350. The predicted molar refractivity (Wildman–Crippen MR) is 98.9 cm³/mol. The van der Waals surface area contributed by atoms with Gasteiger partial charge in [-0.05, 0) is 42.8 Å². The standard InChI is InChI=1S/C20H24O7/c1-12(19(21)13-6-8-15(23-2)17(10-13)24-3)27-16-9-7-14(20(22)26-5)11-18(16)25-4/h6-12,19,21H,1-5H3/t12-,19+/m0/s1. The number of carbonyl (C=O) groups excluding carboxylic acids is 1. The monoisotopic (exact) mass is 376 g/mol. The van der Waals surface area contributed by atoms with Crippen molar-refractivity contribution in [1.82, 2.24) is 0 Å². The van der Waals surface area contributed by atoms with Crippen LogP contribution in [0.4, 0.5) is 0 Å². The van der Waals surface area contributed by atoms with Crippen LogP contribution in [0.15, 0.2) is 36.4 Å². The van der Waals surface area contributed by atoms with E-state index in [2.05, 4.69) is 0 Å². The van der Waals surface area contributed by atoms with Crippen molar-refractivity contribution in [1.29, 1.82) is 0 Å². The maximum Gasteiger partial charge on any atom is 0.337 e. The Labute approximate surface area is 158 Å². The van der Waals surface area contributed by atoms with E-state index in [0.29, 0.717) is 34.1 Å². The number of carbonyl (C=O) groups is 1. The van der Waals surface area contributed by atoms with E-state index in [1.807, 2.05) is 0 Å². The van der Waals surface area contributed by atoms with Gasteiger partial charge < -0.3 is 28.8 Å². The molecule has 0 heterocycles. The van der Waals surface area contributed by atoms with Crippen LogP contribution in [0.5, 0.6) is 23.0 Å². The Bertz CT molecular complexity index is 788. The van der Waals surface area contributed by atoms with Crippen LogP contribution in [0.25, 0.3) is 0 Å². The fourth-order valence-electron chi connectivity index (χ4n) is 2.58. The van der Waals surface area contributed by atoms with Crippen LogP contribution in [-0.4, -0.2) is 45.6 Å². The minimum absolute atomic E-state index is 0.342. The summed E-state index contributed by atoms with van der Waals surface area (Å²) in [5.41, 5.74) is 0.958. The van der Waals surface area contributed by atoms with Crippen LogP contribution >= 0.6 is 0 Å². The maximum atomic E-state index is 11.6. The highest BCUT2D eigenvalue weighted by molar-refractivity contribution is 5.90. The van der Waals surface area contributed by atoms with Crippen molar-refractivity contribution in [2.24, 2.45) is 0 Å². The second-order valence-electron chi connectivity index (χ2n) is 5.74. The molecule has 27 heavy (non-hydrogen) atoms. The van der Waals surface area contributed by atoms with Crippen LogP contribution in [0, 0.1) is 0 Å². The van der Waals surface area contributed by atoms with Gasteiger partial charge in [0, 0.05) is 0 Å². The second kappa shape index (κ2) is 9.14. The summed E-state index contributed by atoms with van der Waals surface area (Å²) in [5.74, 6) is 1.38. The Kier molecular flexibility index (Phi) is 6.90. The van der Waals surface area contributed by atoms with Crippen LogP contribution in [0.1, 0.15) is 28.9 Å². The van der Waals surface area contributed by atoms with Crippen LogP contribution in [0.2, 0.25) is 0 Å². The van der Waals surface area contributed by atoms with Crippen molar-refractivity contribution in [3.05, 3.63) is 47.5 Å². The molecule has 146 valence electrons. The summed E-state index contributed by atoms with van der Waals surface area (Å²) in [7, 11) is 5.85. The lowest BCUT2D eigenvalue weighted by Crippen LogP contribution is -2.22. The first-order valence-corrected chi connectivity index (χ1v) is 8.28. The molecule has 0 radical (unpaired) electrons. The van der Waals surface area contributed by atoms with Crippen molar-refractivity contribution >= 4 is 5.97 Å². The third-order valence-electron chi connectivity index (χ3n) is 4.09. The molecule has 2 aromatic rings. The van der Waals surface area contributed by atoms with Gasteiger partial charge in [0.05, 0.1) is 34.0 Å². The summed E-state index contributed by atoms with van der Waals surface area (Å²) in [4.78, 5) is 11.6. The number of aliphatic hydroxyl groups excluding tert-OH is 1. The van der Waals surface area contributed by atoms with Gasteiger partial charge in [-0.3, -0.25) is 0 Å². The Balaban J connectivity index is 2.21. The lowest BCUT2D eigenvalue weighted by Gasteiger charge is -2.23. The first-order valence-electron chi connectivity index (χ1n) is 8.28. The van der Waals surface area contributed by atoms with Gasteiger partial charge in [-0.1, -0.05) is 6.07 Å². The number of benzene rings is 2. The molecule has 0 aliphatic rings. The zero-order valence-corrected chi connectivity index (χ0v) is 16.0. The number of hydrogen-bond donors (Lipinski definition) is 1. The number of methoxy groups -OCH3 is 4. The van der Waals surface area contributed by atoms with Gasteiger partial charge in [0.25, 0.3) is 0 Å². The molecule has 0 spiro atoms. The van der Waals surface area contributed by atoms with Gasteiger partial charge in [0.2, 0.25) is 0 Å². The first-order chi connectivity index (χ1) is 12.9. The van der Waals surface area contributed by atoms with E-state index in [0.717, 1.165) is 0 Å². The summed E-state index contributed by atoms with van der Waals surface area (Å²) in [5, 5.41) is 10.6. The van der Waals surface area contributed by atoms with E-state index >= 15 is 0 Å². The topological polar surface area (TPSA) is 83.5 Å². The molecule has 2 rings (SSSR count). The lowest BCUT2D eigenvalue weighted by molar-refractivity contribution is 0.0448. The van der Waals surface area contributed by atoms with Gasteiger partial charge in [0.15, 0.2) is 23.0 Å². The van der Waals surface area contributed by atoms with Gasteiger partial charge in [-0.25, -0.2) is 4.79 Å². The minimum atomic E-state index is -0.921. The van der Waals surface area contributed by atoms with Crippen molar-refractivity contribution in [3.8, 4) is 23.0 Å². The van der Waals surface area contributed by atoms with Crippen molar-refractivity contribution < 1.29 is 33.6 Å². The summed E-state index contributed by atoms with van der Waals surface area (Å²) < 4.78 is 26.3. The number of rotatable bonds is 8. The highest BCUT2D eigenvalue weighted by Crippen LogP contribution is 2.34. The third kappa shape index (κ3) is 4.62. The molecule has 0 bridgehead atoms. The smallest absolute Gasteiger partial charge is 0.337 e. The number of aliphatic hydroxyl groups is 1. The molecule has 7 nitrogen and oxygen atoms in total. The quantitative estimate of drug-likeness (QED) is 0.709. The van der Waals surface area contributed by atoms with Crippen LogP contribution < -0.4 is 18.9 Å². The van der Waals surface area contributed by atoms with E-state index in [-0.39, 0.29) is 0 Å². The maximum absolute atomic E-state index is 11.6. The Hall–Kier alpha value is -2.93. The molecule has 0 saturated carbocycles. The second-order valence-corrected chi connectivity index (χ2v) is 5.74. The molecule has 0 fully saturated rings. The van der Waals surface area contributed by atoms with Crippen LogP contribution in [0.3, 0.4) is 0 Å². The molecule has 2 aromatic carbocycles. The van der Waals surface area contributed by atoms with Gasteiger partial charge in [-0.15, -0.1) is 0 Å². The highest BCUT2D eigenvalue weighted by atomic mass is 16.5. The molecule has 7 heteroatoms. The summed E-state index contributed by atoms with van der Waals surface area (Å²) >= 11 is 0. The number of ether oxygens (including phenoxy) is 5. The van der Waals surface area contributed by atoms with E-state index in [4.69, 9.17) is 23.7 Å². The molecular weight excluding hydrogens is 352 g/mol. The molecule has 0 aromatic heterocycles. The Morgan fingerprint density at radius 2 is 1.44 bits per heavy atom. The fourth-order valence-corrected chi connectivity index (χ4v) is 2.58. The Morgan fingerprint density at radius 3 is 2.04 bits per heavy atom. The molecule has 0 saturated heterocycles. The molecule has 2 atom stereocenters. The molecular formula is C20H24O7. The van der Waals surface area contributed by atoms with Crippen LogP contribution in [-0.2, 0) is 4.74 Å². The van der Waals surface area contributed by atoms with E-state index in [1.54, 1.807) is 44.4 Å². The SMILES string of the molecule is COC(=O)c1ccc(O[C@@H](C)[C@@H](O)c2ccc(OC)c(OC)c2)c(OC)c1. The van der Waals surface area contributed by atoms with E-state index < -0.39 is 18.2 Å². The van der Waals surface area contributed by atoms with Gasteiger partial charge >= 0.3 is 5.97 Å². The highest BCUT2D eigenvalue weighted by Gasteiger charge is 2.22. The van der Waals surface area contributed by atoms with Gasteiger partial charge in [-0.2, -0.15) is 0 Å². The average molecular weight is 376 g/mol. The zero-order chi connectivity index (χ0) is 20.0. The number of hydrogen-bond acceptors (Lipinski definition) is 7. The molecule has 0 aliphatic heterocycles. The molecule has 0 amide bonds. The molecule has 0 aliphatic carbocycles.